The summed E-state index contributed by atoms with van der Waals surface area (Å²) < 4.78 is 5.18. The van der Waals surface area contributed by atoms with E-state index in [9.17, 15) is 19.5 Å². The lowest BCUT2D eigenvalue weighted by Gasteiger charge is -2.15. The van der Waals surface area contributed by atoms with Crippen molar-refractivity contribution in [3.8, 4) is 5.75 Å². The summed E-state index contributed by atoms with van der Waals surface area (Å²) in [6.07, 6.45) is 2.87. The molecule has 1 saturated heterocycles. The summed E-state index contributed by atoms with van der Waals surface area (Å²) in [7, 11) is 0. The predicted molar refractivity (Wildman–Crippen MR) is 125 cm³/mol. The summed E-state index contributed by atoms with van der Waals surface area (Å²) in [6.45, 7) is 0.242. The van der Waals surface area contributed by atoms with Gasteiger partial charge in [0.2, 0.25) is 5.91 Å². The van der Waals surface area contributed by atoms with Crippen LogP contribution in [0.25, 0.3) is 0 Å². The monoisotopic (exact) mass is 443 g/mol. The van der Waals surface area contributed by atoms with Crippen LogP contribution < -0.4 is 4.90 Å². The highest BCUT2D eigenvalue weighted by atomic mass is 16.5. The molecule has 0 spiro atoms. The molecule has 3 aromatic rings. The number of nitrogens with zero attached hydrogens (tertiary/aromatic N) is 1. The van der Waals surface area contributed by atoms with Crippen LogP contribution in [0.4, 0.5) is 5.69 Å². The number of hydrogen-bond donors (Lipinski definition) is 1. The standard InChI is InChI=1S/C27H25NO5/c29-24-15-10-20(9-8-19-5-2-1-3-6-19)17-23(24)27(32)33-18-25(30)21-11-13-22(14-12-21)28-16-4-7-26(28)31/h1-3,5-6,10-15,17,29H,4,7-9,16,18H2. The average Bonchev–Trinajstić information content (AvgIpc) is 3.28. The van der Waals surface area contributed by atoms with Crippen LogP contribution in [0.5, 0.6) is 5.75 Å². The van der Waals surface area contributed by atoms with E-state index in [1.807, 2.05) is 30.3 Å². The maximum atomic E-state index is 12.5. The summed E-state index contributed by atoms with van der Waals surface area (Å²) in [4.78, 5) is 38.5. The molecule has 0 bridgehead atoms. The van der Waals surface area contributed by atoms with Gasteiger partial charge in [0.25, 0.3) is 0 Å². The van der Waals surface area contributed by atoms with Gasteiger partial charge in [0, 0.05) is 24.2 Å². The highest BCUT2D eigenvalue weighted by Gasteiger charge is 2.22. The Bertz CT molecular complexity index is 1150. The zero-order chi connectivity index (χ0) is 23.2. The van der Waals surface area contributed by atoms with E-state index in [0.717, 1.165) is 24.1 Å². The Labute approximate surface area is 192 Å². The second kappa shape index (κ2) is 10.1. The van der Waals surface area contributed by atoms with Crippen molar-refractivity contribution in [2.75, 3.05) is 18.1 Å². The number of phenolic OH excluding ortho intramolecular Hbond substituents is 1. The van der Waals surface area contributed by atoms with Crippen molar-refractivity contribution in [3.05, 3.63) is 95.1 Å². The molecule has 1 N–H and O–H groups in total. The third kappa shape index (κ3) is 5.47. The number of hydrogen-bond acceptors (Lipinski definition) is 5. The highest BCUT2D eigenvalue weighted by Crippen LogP contribution is 2.23. The summed E-state index contributed by atoms with van der Waals surface area (Å²) >= 11 is 0. The number of aryl methyl sites for hydroxylation is 2. The maximum Gasteiger partial charge on any atom is 0.342 e. The average molecular weight is 443 g/mol. The smallest absolute Gasteiger partial charge is 0.342 e. The normalized spacial score (nSPS) is 13.2. The summed E-state index contributed by atoms with van der Waals surface area (Å²) in [5.41, 5.74) is 3.25. The van der Waals surface area contributed by atoms with E-state index in [-0.39, 0.29) is 23.0 Å². The molecule has 4 rings (SSSR count). The molecular weight excluding hydrogens is 418 g/mol. The zero-order valence-electron chi connectivity index (χ0n) is 18.2. The van der Waals surface area contributed by atoms with Gasteiger partial charge in [-0.05, 0) is 66.8 Å². The van der Waals surface area contributed by atoms with Gasteiger partial charge in [0.15, 0.2) is 12.4 Å². The van der Waals surface area contributed by atoms with Gasteiger partial charge in [-0.3, -0.25) is 9.59 Å². The Hall–Kier alpha value is -3.93. The largest absolute Gasteiger partial charge is 0.507 e. The van der Waals surface area contributed by atoms with Gasteiger partial charge in [-0.15, -0.1) is 0 Å². The molecule has 0 radical (unpaired) electrons. The molecule has 1 amide bonds. The topological polar surface area (TPSA) is 83.9 Å². The Kier molecular flexibility index (Phi) is 6.83. The molecule has 1 aliphatic rings. The lowest BCUT2D eigenvalue weighted by Crippen LogP contribution is -2.23. The van der Waals surface area contributed by atoms with Crippen molar-refractivity contribution in [1.29, 1.82) is 0 Å². The van der Waals surface area contributed by atoms with Crippen LogP contribution in [0.15, 0.2) is 72.8 Å². The molecule has 6 nitrogen and oxygen atoms in total. The van der Waals surface area contributed by atoms with Crippen molar-refractivity contribution < 1.29 is 24.2 Å². The first-order valence-corrected chi connectivity index (χ1v) is 11.0. The Morgan fingerprint density at radius 2 is 1.64 bits per heavy atom. The summed E-state index contributed by atoms with van der Waals surface area (Å²) in [6, 6.07) is 21.5. The van der Waals surface area contributed by atoms with Gasteiger partial charge in [-0.2, -0.15) is 0 Å². The number of anilines is 1. The second-order valence-electron chi connectivity index (χ2n) is 8.03. The molecular formula is C27H25NO5. The molecule has 168 valence electrons. The lowest BCUT2D eigenvalue weighted by atomic mass is 10.0. The van der Waals surface area contributed by atoms with E-state index in [1.165, 1.54) is 11.6 Å². The van der Waals surface area contributed by atoms with Crippen molar-refractivity contribution in [2.45, 2.75) is 25.7 Å². The van der Waals surface area contributed by atoms with E-state index in [0.29, 0.717) is 24.9 Å². The molecule has 0 unspecified atom stereocenters. The van der Waals surface area contributed by atoms with Crippen molar-refractivity contribution >= 4 is 23.3 Å². The molecule has 33 heavy (non-hydrogen) atoms. The van der Waals surface area contributed by atoms with Gasteiger partial charge in [0.05, 0.1) is 0 Å². The highest BCUT2D eigenvalue weighted by molar-refractivity contribution is 6.01. The number of Topliss-reactive ketones (excluding diaryl/α,β-unsaturated/α-hetero) is 1. The molecule has 0 aromatic heterocycles. The van der Waals surface area contributed by atoms with Gasteiger partial charge in [-0.1, -0.05) is 36.4 Å². The molecule has 1 heterocycles. The van der Waals surface area contributed by atoms with Crippen LogP contribution in [0.3, 0.4) is 0 Å². The van der Waals surface area contributed by atoms with Crippen LogP contribution in [-0.2, 0) is 22.4 Å². The maximum absolute atomic E-state index is 12.5. The van der Waals surface area contributed by atoms with Crippen molar-refractivity contribution in [1.82, 2.24) is 0 Å². The number of benzene rings is 3. The Morgan fingerprint density at radius 3 is 2.33 bits per heavy atom. The number of ether oxygens (including phenoxy) is 1. The summed E-state index contributed by atoms with van der Waals surface area (Å²) in [5.74, 6) is -1.21. The minimum atomic E-state index is -0.748. The first-order chi connectivity index (χ1) is 16.0. The minimum Gasteiger partial charge on any atom is -0.507 e. The van der Waals surface area contributed by atoms with Crippen molar-refractivity contribution in [2.24, 2.45) is 0 Å². The predicted octanol–water partition coefficient (Wildman–Crippen LogP) is 4.34. The first-order valence-electron chi connectivity index (χ1n) is 11.0. The fraction of sp³-hybridized carbons (Fsp3) is 0.222. The minimum absolute atomic E-state index is 0.0382. The Balaban J connectivity index is 1.35. The molecule has 1 fully saturated rings. The number of amides is 1. The van der Waals surface area contributed by atoms with E-state index < -0.39 is 12.6 Å². The van der Waals surface area contributed by atoms with Crippen LogP contribution in [-0.4, -0.2) is 35.9 Å². The van der Waals surface area contributed by atoms with E-state index in [2.05, 4.69) is 0 Å². The number of phenols is 1. The van der Waals surface area contributed by atoms with Crippen LogP contribution in [0.1, 0.15) is 44.7 Å². The third-order valence-corrected chi connectivity index (χ3v) is 5.73. The number of carbonyl (C=O) groups is 3. The number of esters is 1. The van der Waals surface area contributed by atoms with Gasteiger partial charge in [-0.25, -0.2) is 4.79 Å². The lowest BCUT2D eigenvalue weighted by molar-refractivity contribution is -0.117. The SMILES string of the molecule is O=C(COC(=O)c1cc(CCc2ccccc2)ccc1O)c1ccc(N2CCCC2=O)cc1. The molecule has 0 atom stereocenters. The number of ketones is 1. The zero-order valence-corrected chi connectivity index (χ0v) is 18.2. The van der Waals surface area contributed by atoms with Gasteiger partial charge in [0.1, 0.15) is 11.3 Å². The molecule has 0 aliphatic carbocycles. The first kappa shape index (κ1) is 22.3. The number of rotatable bonds is 8. The van der Waals surface area contributed by atoms with E-state index in [4.69, 9.17) is 4.74 Å². The van der Waals surface area contributed by atoms with Crippen LogP contribution in [0.2, 0.25) is 0 Å². The molecule has 6 heteroatoms. The van der Waals surface area contributed by atoms with Gasteiger partial charge >= 0.3 is 5.97 Å². The van der Waals surface area contributed by atoms with Gasteiger partial charge < -0.3 is 14.7 Å². The second-order valence-corrected chi connectivity index (χ2v) is 8.03. The number of aromatic hydroxyl groups is 1. The van der Waals surface area contributed by atoms with Crippen molar-refractivity contribution in [3.63, 3.8) is 0 Å². The quantitative estimate of drug-likeness (QED) is 0.414. The Morgan fingerprint density at radius 1 is 0.909 bits per heavy atom. The molecule has 1 aliphatic heterocycles. The fourth-order valence-corrected chi connectivity index (χ4v) is 3.88. The molecule has 0 saturated carbocycles. The fourth-order valence-electron chi connectivity index (χ4n) is 3.88. The van der Waals surface area contributed by atoms with Crippen LogP contribution in [0, 0.1) is 0 Å². The number of carbonyl (C=O) groups excluding carboxylic acids is 3. The summed E-state index contributed by atoms with van der Waals surface area (Å²) in [5, 5.41) is 10.1. The molecule has 3 aromatic carbocycles. The van der Waals surface area contributed by atoms with E-state index in [1.54, 1.807) is 41.3 Å². The third-order valence-electron chi connectivity index (χ3n) is 5.73. The van der Waals surface area contributed by atoms with Crippen LogP contribution >= 0.6 is 0 Å². The van der Waals surface area contributed by atoms with E-state index >= 15 is 0 Å².